The van der Waals surface area contributed by atoms with Gasteiger partial charge in [-0.3, -0.25) is 9.59 Å². The van der Waals surface area contributed by atoms with E-state index >= 15 is 0 Å². The molecule has 0 radical (unpaired) electrons. The van der Waals surface area contributed by atoms with Crippen LogP contribution in [0.2, 0.25) is 0 Å². The highest BCUT2D eigenvalue weighted by Gasteiger charge is 2.57. The van der Waals surface area contributed by atoms with Crippen LogP contribution in [0.4, 0.5) is 0 Å². The summed E-state index contributed by atoms with van der Waals surface area (Å²) in [7, 11) is 0. The number of amides is 2. The molecule has 28 nitrogen and oxygen atoms in total. The average molecular weight is 911 g/mol. The lowest BCUT2D eigenvalue weighted by Gasteiger charge is -2.50. The van der Waals surface area contributed by atoms with Crippen LogP contribution in [0.1, 0.15) is 13.8 Å². The first-order chi connectivity index (χ1) is 29.3. The highest BCUT2D eigenvalue weighted by atomic mass is 16.8. The summed E-state index contributed by atoms with van der Waals surface area (Å²) >= 11 is 0. The van der Waals surface area contributed by atoms with E-state index in [2.05, 4.69) is 10.6 Å². The minimum absolute atomic E-state index is 0.787. The molecule has 0 aliphatic carbocycles. The van der Waals surface area contributed by atoms with Crippen molar-refractivity contribution in [3.63, 3.8) is 0 Å². The molecule has 25 atom stereocenters. The van der Waals surface area contributed by atoms with Crippen LogP contribution in [-0.2, 0) is 52.2 Å². The molecule has 62 heavy (non-hydrogen) atoms. The van der Waals surface area contributed by atoms with Gasteiger partial charge in [-0.2, -0.15) is 0 Å². The number of rotatable bonds is 15. The molecule has 5 aliphatic heterocycles. The Labute approximate surface area is 351 Å². The SMILES string of the molecule is CC(=O)N[C@H]1[C@H](O[C@H]2[C@@H](O)[C@@H](CO)O[C@@H](O[C@H]3[C@H](O)[C@@H](NC(C)=O)[C@H](O[C@@H]4[C@@H](O)[C@H](O)O[C@H](CO)[C@@H]4O)O[C@@H]3CO)[C@@H]2O)O[C@H](CO)[C@@H](O[C@@H]2O[C@H](CO)[C@H](O)[C@H](O)[C@H]2O)[C@@H]1O. The zero-order chi connectivity index (χ0) is 45.9. The van der Waals surface area contributed by atoms with Crippen LogP contribution in [0.15, 0.2) is 0 Å². The van der Waals surface area contributed by atoms with E-state index in [1.165, 1.54) is 0 Å². The summed E-state index contributed by atoms with van der Waals surface area (Å²) in [4.78, 5) is 24.7. The standard InChI is InChI=1S/C34H58N2O26/c1-8(42)35-15-21(48)27(14(7-41)57-31(15)61-28-18(45)11(4-38)54-30(53)24(28)51)60-34-25(52)29(19(46)12(5-39)56-34)62-32-16(36-9(2)43)20(47)26(13(6-40)58-32)59-33-23(50)22(49)17(44)10(3-37)55-33/h10-34,37-41,44-53H,3-7H2,1-2H3,(H,35,42)(H,36,43)/t10-,11-,12-,13-,14-,15-,16-,17+,18+,19+,20-,21-,22+,23-,24-,25-,26-,27-,28+,29+,30-,31+,32+,33+,34+/m1/s1. The quantitative estimate of drug-likeness (QED) is 0.0725. The minimum Gasteiger partial charge on any atom is -0.394 e. The number of nitrogens with one attached hydrogen (secondary N) is 2. The molecule has 0 unspecified atom stereocenters. The van der Waals surface area contributed by atoms with Gasteiger partial charge in [0.2, 0.25) is 11.8 Å². The fourth-order valence-corrected chi connectivity index (χ4v) is 7.83. The molecule has 360 valence electrons. The van der Waals surface area contributed by atoms with E-state index in [9.17, 15) is 86.2 Å². The molecule has 0 aromatic rings. The summed E-state index contributed by atoms with van der Waals surface area (Å²) in [5, 5.41) is 163. The van der Waals surface area contributed by atoms with Crippen LogP contribution < -0.4 is 10.6 Å². The Hall–Kier alpha value is -2.02. The zero-order valence-electron chi connectivity index (χ0n) is 33.2. The number of hydrogen-bond acceptors (Lipinski definition) is 26. The molecule has 5 saturated heterocycles. The van der Waals surface area contributed by atoms with Crippen LogP contribution in [0.3, 0.4) is 0 Å². The Bertz CT molecular complexity index is 1440. The number of carbonyl (C=O) groups is 2. The lowest BCUT2D eigenvalue weighted by molar-refractivity contribution is -0.382. The number of aliphatic hydroxyl groups is 15. The van der Waals surface area contributed by atoms with Gasteiger partial charge in [-0.05, 0) is 0 Å². The average Bonchev–Trinajstić information content (AvgIpc) is 3.23. The highest BCUT2D eigenvalue weighted by molar-refractivity contribution is 5.73. The van der Waals surface area contributed by atoms with Gasteiger partial charge in [0.25, 0.3) is 0 Å². The second-order valence-electron chi connectivity index (χ2n) is 15.4. The zero-order valence-corrected chi connectivity index (χ0v) is 33.2. The fourth-order valence-electron chi connectivity index (χ4n) is 7.83. The maximum absolute atomic E-state index is 12.4. The highest BCUT2D eigenvalue weighted by Crippen LogP contribution is 2.35. The molecular weight excluding hydrogens is 852 g/mol. The van der Waals surface area contributed by atoms with Gasteiger partial charge in [0.05, 0.1) is 33.0 Å². The predicted octanol–water partition coefficient (Wildman–Crippen LogP) is -11.6. The molecule has 5 aliphatic rings. The summed E-state index contributed by atoms with van der Waals surface area (Å²) in [6, 6.07) is -3.35. The Morgan fingerprint density at radius 3 is 1.13 bits per heavy atom. The normalized spacial score (nSPS) is 49.0. The van der Waals surface area contributed by atoms with Crippen molar-refractivity contribution in [1.29, 1.82) is 0 Å². The first kappa shape index (κ1) is 51.0. The molecule has 17 N–H and O–H groups in total. The molecule has 0 aromatic heterocycles. The van der Waals surface area contributed by atoms with Crippen LogP contribution >= 0.6 is 0 Å². The molecule has 28 heteroatoms. The first-order valence-electron chi connectivity index (χ1n) is 19.6. The van der Waals surface area contributed by atoms with Crippen molar-refractivity contribution in [1.82, 2.24) is 10.6 Å². The van der Waals surface area contributed by atoms with Crippen LogP contribution in [0.5, 0.6) is 0 Å². The van der Waals surface area contributed by atoms with E-state index in [0.717, 1.165) is 13.8 Å². The van der Waals surface area contributed by atoms with Crippen LogP contribution in [0, 0.1) is 0 Å². The van der Waals surface area contributed by atoms with Gasteiger partial charge >= 0.3 is 0 Å². The largest absolute Gasteiger partial charge is 0.394 e. The third kappa shape index (κ3) is 10.8. The van der Waals surface area contributed by atoms with E-state index in [0.29, 0.717) is 0 Å². The van der Waals surface area contributed by atoms with E-state index in [1.54, 1.807) is 0 Å². The van der Waals surface area contributed by atoms with Crippen LogP contribution in [-0.4, -0.2) is 275 Å². The van der Waals surface area contributed by atoms with E-state index in [4.69, 9.17) is 42.6 Å². The summed E-state index contributed by atoms with van der Waals surface area (Å²) in [6.45, 7) is -2.52. The number of carbonyl (C=O) groups excluding carboxylic acids is 2. The fraction of sp³-hybridized carbons (Fsp3) is 0.941. The second kappa shape index (κ2) is 22.0. The Morgan fingerprint density at radius 1 is 0.387 bits per heavy atom. The topological polar surface area (TPSA) is 445 Å². The van der Waals surface area contributed by atoms with Gasteiger partial charge in [0.15, 0.2) is 31.5 Å². The summed E-state index contributed by atoms with van der Waals surface area (Å²) in [5.74, 6) is -1.59. The molecule has 5 heterocycles. The number of ether oxygens (including phenoxy) is 9. The van der Waals surface area contributed by atoms with E-state index in [-0.39, 0.29) is 0 Å². The Balaban J connectivity index is 1.36. The van der Waals surface area contributed by atoms with Gasteiger partial charge in [-0.25, -0.2) is 0 Å². The molecule has 0 saturated carbocycles. The van der Waals surface area contributed by atoms with Crippen LogP contribution in [0.25, 0.3) is 0 Å². The van der Waals surface area contributed by atoms with Crippen molar-refractivity contribution in [3.05, 3.63) is 0 Å². The number of hydrogen-bond donors (Lipinski definition) is 17. The van der Waals surface area contributed by atoms with Crippen molar-refractivity contribution in [2.24, 2.45) is 0 Å². The summed E-state index contributed by atoms with van der Waals surface area (Å²) in [6.07, 6.45) is -42.0. The predicted molar refractivity (Wildman–Crippen MR) is 190 cm³/mol. The van der Waals surface area contributed by atoms with Gasteiger partial charge in [-0.15, -0.1) is 0 Å². The van der Waals surface area contributed by atoms with Crippen molar-refractivity contribution < 1.29 is 129 Å². The third-order valence-electron chi connectivity index (χ3n) is 11.1. The lowest BCUT2D eigenvalue weighted by atomic mass is 9.94. The van der Waals surface area contributed by atoms with E-state index in [1.807, 2.05) is 0 Å². The van der Waals surface area contributed by atoms with Crippen molar-refractivity contribution in [3.8, 4) is 0 Å². The van der Waals surface area contributed by atoms with Gasteiger partial charge in [0.1, 0.15) is 122 Å². The number of aliphatic hydroxyl groups excluding tert-OH is 15. The first-order valence-corrected chi connectivity index (χ1v) is 19.6. The summed E-state index contributed by atoms with van der Waals surface area (Å²) < 4.78 is 50.6. The monoisotopic (exact) mass is 910 g/mol. The molecular formula is C34H58N2O26. The van der Waals surface area contributed by atoms with Gasteiger partial charge in [-0.1, -0.05) is 0 Å². The smallest absolute Gasteiger partial charge is 0.217 e. The third-order valence-corrected chi connectivity index (χ3v) is 11.1. The molecule has 0 aromatic carbocycles. The van der Waals surface area contributed by atoms with Crippen molar-refractivity contribution >= 4 is 11.8 Å². The van der Waals surface area contributed by atoms with Gasteiger partial charge < -0.3 is 130 Å². The lowest BCUT2D eigenvalue weighted by Crippen LogP contribution is -2.70. The molecule has 2 amide bonds. The maximum atomic E-state index is 12.4. The van der Waals surface area contributed by atoms with Crippen molar-refractivity contribution in [2.75, 3.05) is 33.0 Å². The molecule has 0 spiro atoms. The Morgan fingerprint density at radius 2 is 0.726 bits per heavy atom. The minimum atomic E-state index is -2.15. The van der Waals surface area contributed by atoms with E-state index < -0.39 is 198 Å². The molecule has 0 bridgehead atoms. The second-order valence-corrected chi connectivity index (χ2v) is 15.4. The maximum Gasteiger partial charge on any atom is 0.217 e. The van der Waals surface area contributed by atoms with Gasteiger partial charge in [0, 0.05) is 13.8 Å². The molecule has 5 rings (SSSR count). The summed E-state index contributed by atoms with van der Waals surface area (Å²) in [5.41, 5.74) is 0. The molecule has 5 fully saturated rings. The van der Waals surface area contributed by atoms with Crippen molar-refractivity contribution in [2.45, 2.75) is 167 Å². The Kier molecular flexibility index (Phi) is 18.1.